The Labute approximate surface area is 608 Å². The minimum atomic E-state index is 1.11. The van der Waals surface area contributed by atoms with Crippen molar-refractivity contribution in [1.82, 2.24) is 28.2 Å². The highest BCUT2D eigenvalue weighted by Gasteiger charge is 2.28. The Kier molecular flexibility index (Phi) is 11.7. The molecule has 2 aliphatic rings. The highest BCUT2D eigenvalue weighted by molar-refractivity contribution is 6.25. The van der Waals surface area contributed by atoms with Crippen LogP contribution >= 0.6 is 0 Å². The molecule has 6 heteroatoms. The summed E-state index contributed by atoms with van der Waals surface area (Å²) in [7, 11) is 0. The largest absolute Gasteiger partial charge is 0.309 e. The van der Waals surface area contributed by atoms with Crippen LogP contribution in [-0.4, -0.2) is 28.2 Å². The fourth-order valence-electron chi connectivity index (χ4n) is 18.9. The van der Waals surface area contributed by atoms with E-state index in [0.29, 0.717) is 0 Å². The predicted molar refractivity (Wildman–Crippen MR) is 443 cm³/mol. The Morgan fingerprint density at radius 1 is 0.170 bits per heavy atom. The molecule has 0 fully saturated rings. The monoisotopic (exact) mass is 1340 g/mol. The van der Waals surface area contributed by atoms with Crippen LogP contribution in [0, 0.1) is 0 Å². The number of pyridine rings is 2. The van der Waals surface area contributed by atoms with Gasteiger partial charge in [-0.1, -0.05) is 194 Å². The molecule has 0 saturated carbocycles. The molecule has 0 saturated heterocycles. The molecule has 16 aromatic carbocycles. The molecular weight excluding hydrogens is 1290 g/mol. The first-order chi connectivity index (χ1) is 52.6. The third-order valence-electron chi connectivity index (χ3n) is 23.4. The fourth-order valence-corrected chi connectivity index (χ4v) is 18.9. The van der Waals surface area contributed by atoms with E-state index in [1.54, 1.807) is 0 Å². The molecule has 0 unspecified atom stereocenters. The molecule has 0 amide bonds. The quantitative estimate of drug-likeness (QED) is 0.152. The number of nitrogens with zero attached hydrogens (tertiary/aromatic N) is 6. The third-order valence-corrected chi connectivity index (χ3v) is 23.4. The van der Waals surface area contributed by atoms with Crippen LogP contribution in [0.3, 0.4) is 0 Å². The molecule has 0 radical (unpaired) electrons. The Morgan fingerprint density at radius 3 is 1.18 bits per heavy atom. The summed E-state index contributed by atoms with van der Waals surface area (Å²) in [6.07, 6.45) is 7.84. The number of hydrogen-bond acceptors (Lipinski definition) is 2. The first kappa shape index (κ1) is 57.4. The lowest BCUT2D eigenvalue weighted by molar-refractivity contribution is 1.18. The summed E-state index contributed by atoms with van der Waals surface area (Å²) in [5.74, 6) is 0. The van der Waals surface area contributed by atoms with E-state index in [1.165, 1.54) is 203 Å². The topological polar surface area (TPSA) is 45.5 Å². The van der Waals surface area contributed by atoms with E-state index in [1.807, 2.05) is 24.8 Å². The maximum Gasteiger partial charge on any atom is 0.0547 e. The molecule has 0 bridgehead atoms. The van der Waals surface area contributed by atoms with Gasteiger partial charge >= 0.3 is 0 Å². The van der Waals surface area contributed by atoms with E-state index in [0.717, 1.165) is 28.1 Å². The van der Waals surface area contributed by atoms with Crippen molar-refractivity contribution in [1.29, 1.82) is 0 Å². The zero-order chi connectivity index (χ0) is 69.0. The van der Waals surface area contributed by atoms with Crippen LogP contribution < -0.4 is 0 Å². The van der Waals surface area contributed by atoms with Gasteiger partial charge in [0.1, 0.15) is 0 Å². The summed E-state index contributed by atoms with van der Waals surface area (Å²) < 4.78 is 9.81. The Hall–Kier alpha value is -14.2. The summed E-state index contributed by atoms with van der Waals surface area (Å²) in [4.78, 5) is 9.07. The van der Waals surface area contributed by atoms with E-state index in [4.69, 9.17) is 0 Å². The second-order valence-corrected chi connectivity index (χ2v) is 28.7. The van der Waals surface area contributed by atoms with Gasteiger partial charge in [-0.3, -0.25) is 9.97 Å². The number of benzene rings is 16. The molecule has 22 aromatic rings. The van der Waals surface area contributed by atoms with E-state index in [2.05, 4.69) is 356 Å². The number of aromatic nitrogens is 6. The van der Waals surface area contributed by atoms with Crippen molar-refractivity contribution >= 4 is 120 Å². The number of para-hydroxylation sites is 4. The zero-order valence-electron chi connectivity index (χ0n) is 57.2. The van der Waals surface area contributed by atoms with Crippen molar-refractivity contribution in [3.8, 4) is 112 Å². The van der Waals surface area contributed by atoms with E-state index in [-0.39, 0.29) is 0 Å². The maximum absolute atomic E-state index is 4.54. The maximum atomic E-state index is 4.54. The minimum absolute atomic E-state index is 1.11. The van der Waals surface area contributed by atoms with E-state index < -0.39 is 0 Å². The number of fused-ring (bicyclic) bond motifs is 20. The van der Waals surface area contributed by atoms with Crippen LogP contribution in [-0.2, 0) is 0 Å². The van der Waals surface area contributed by atoms with Crippen molar-refractivity contribution < 1.29 is 0 Å². The average molecular weight is 1340 g/mol. The highest BCUT2D eigenvalue weighted by Crippen LogP contribution is 2.53. The third kappa shape index (κ3) is 7.98. The van der Waals surface area contributed by atoms with Gasteiger partial charge in [0.25, 0.3) is 0 Å². The van der Waals surface area contributed by atoms with Crippen molar-refractivity contribution in [2.45, 2.75) is 0 Å². The van der Waals surface area contributed by atoms with Crippen LogP contribution in [0.1, 0.15) is 0 Å². The van der Waals surface area contributed by atoms with Gasteiger partial charge in [-0.05, 0) is 238 Å². The van der Waals surface area contributed by atoms with Gasteiger partial charge in [-0.2, -0.15) is 0 Å². The van der Waals surface area contributed by atoms with Crippen molar-refractivity contribution in [2.24, 2.45) is 0 Å². The predicted octanol–water partition coefficient (Wildman–Crippen LogP) is 26.3. The molecule has 0 spiro atoms. The van der Waals surface area contributed by atoms with E-state index >= 15 is 0 Å². The lowest BCUT2D eigenvalue weighted by Gasteiger charge is -2.13. The fraction of sp³-hybridized carbons (Fsp3) is 0. The van der Waals surface area contributed by atoms with Gasteiger partial charge in [0.05, 0.1) is 49.8 Å². The van der Waals surface area contributed by atoms with Crippen molar-refractivity contribution in [2.75, 3.05) is 0 Å². The lowest BCUT2D eigenvalue weighted by Crippen LogP contribution is -1.95. The molecule has 6 aromatic heterocycles. The van der Waals surface area contributed by atoms with Gasteiger partial charge in [0.2, 0.25) is 0 Å². The Balaban J connectivity index is 0.621. The van der Waals surface area contributed by atoms with Gasteiger partial charge in [-0.15, -0.1) is 0 Å². The number of rotatable bonds is 8. The first-order valence-electron chi connectivity index (χ1n) is 36.5. The van der Waals surface area contributed by atoms with E-state index in [9.17, 15) is 0 Å². The summed E-state index contributed by atoms with van der Waals surface area (Å²) >= 11 is 0. The summed E-state index contributed by atoms with van der Waals surface area (Å²) in [6.45, 7) is 0. The second kappa shape index (κ2) is 21.7. The molecule has 6 nitrogen and oxygen atoms in total. The average Bonchev–Trinajstić information content (AvgIpc) is 1.57. The van der Waals surface area contributed by atoms with Crippen LogP contribution in [0.25, 0.3) is 231 Å². The second-order valence-electron chi connectivity index (χ2n) is 28.7. The molecule has 2 aliphatic carbocycles. The smallest absolute Gasteiger partial charge is 0.0547 e. The first-order valence-corrected chi connectivity index (χ1v) is 36.5. The van der Waals surface area contributed by atoms with Gasteiger partial charge < -0.3 is 18.3 Å². The summed E-state index contributed by atoms with van der Waals surface area (Å²) in [5.41, 5.74) is 33.4. The van der Waals surface area contributed by atoms with Crippen LogP contribution in [0.2, 0.25) is 0 Å². The van der Waals surface area contributed by atoms with Crippen LogP contribution in [0.5, 0.6) is 0 Å². The lowest BCUT2D eigenvalue weighted by atomic mass is 9.93. The number of hydrogen-bond donors (Lipinski definition) is 0. The van der Waals surface area contributed by atoms with Crippen molar-refractivity contribution in [3.63, 3.8) is 0 Å². The van der Waals surface area contributed by atoms with Gasteiger partial charge in [0, 0.05) is 101 Å². The van der Waals surface area contributed by atoms with Gasteiger partial charge in [-0.25, -0.2) is 0 Å². The molecule has 24 rings (SSSR count). The molecule has 106 heavy (non-hydrogen) atoms. The van der Waals surface area contributed by atoms with Crippen molar-refractivity contribution in [3.05, 3.63) is 352 Å². The summed E-state index contributed by atoms with van der Waals surface area (Å²) in [6, 6.07) is 123. The molecule has 0 atom stereocenters. The summed E-state index contributed by atoms with van der Waals surface area (Å²) in [5, 5.41) is 17.3. The van der Waals surface area contributed by atoms with Crippen LogP contribution in [0.15, 0.2) is 352 Å². The van der Waals surface area contributed by atoms with Gasteiger partial charge in [0.15, 0.2) is 0 Å². The minimum Gasteiger partial charge on any atom is -0.309 e. The van der Waals surface area contributed by atoms with Crippen LogP contribution in [0.4, 0.5) is 0 Å². The SMILES string of the molecule is c1ccc(-n2c3ccc(-c4ccc5c(c4)c4ccccc4n5-c4cccc(-c5cccc6c5ccc5c6c6cc(-c7ccc8c(c7)c7ccccc7n8-c7ccc8c9c(cccc79)-c7ccncc7-8)ccc6n5-c5ccccc5)c4)cc3c3cc(-c4ccc5c6c(cccc46)-c4ccncc4-5)ccc32)cc1. The highest BCUT2D eigenvalue weighted by atomic mass is 15.0. The molecule has 488 valence electrons. The molecular formula is C100H58N6. The molecule has 0 N–H and O–H groups in total. The Bertz CT molecular complexity index is 7570. The molecule has 6 heterocycles. The Morgan fingerprint density at radius 2 is 0.557 bits per heavy atom. The standard InChI is InChI=1S/C100H58N6/c1-3-16-65(17-4-1)103-93-41-32-61(54-84(93)85-56-64(35-44-94(85)103)69-36-37-79-87-57-101-49-47-71(87)76-25-13-24-75(69)98(76)79)59-31-40-92-82(52-59)73-21-7-9-29-89(73)105(92)67-20-11-15-63(51-67)68-23-12-27-78-70(68)38-46-97-100(78)86-55-62(34-43-96(86)104(97)66-18-5-2-6-19-66)60-33-42-95-83(53-60)74-22-8-10-30-90(74)106(95)91-45-39-80-88-58-102-50-48-72(88)77-26-14-28-81(91)99(77)80/h1-58H. The zero-order valence-corrected chi connectivity index (χ0v) is 57.2. The molecule has 0 aliphatic heterocycles. The normalized spacial score (nSPS) is 12.3.